The Morgan fingerprint density at radius 3 is 2.66 bits per heavy atom. The molecule has 29 heavy (non-hydrogen) atoms. The Labute approximate surface area is 169 Å². The fraction of sp³-hybridized carbons (Fsp3) is 0.167. The maximum Gasteiger partial charge on any atom is 0.277 e. The van der Waals surface area contributed by atoms with E-state index in [9.17, 15) is 4.79 Å². The SMILES string of the molecule is Cc1cc(C(=O)Nc2cccc(CN[C@H](C)c3cccc4ccccc34)c2)no1. The molecule has 0 spiro atoms. The zero-order valence-corrected chi connectivity index (χ0v) is 16.5. The molecule has 1 amide bonds. The van der Waals surface area contributed by atoms with Crippen molar-refractivity contribution < 1.29 is 9.32 Å². The summed E-state index contributed by atoms with van der Waals surface area (Å²) in [7, 11) is 0. The Morgan fingerprint density at radius 1 is 1.03 bits per heavy atom. The Hall–Kier alpha value is -3.44. The monoisotopic (exact) mass is 385 g/mol. The van der Waals surface area contributed by atoms with Gasteiger partial charge in [0.1, 0.15) is 5.76 Å². The number of nitrogens with one attached hydrogen (secondary N) is 2. The number of rotatable bonds is 6. The van der Waals surface area contributed by atoms with Crippen LogP contribution in [0.4, 0.5) is 5.69 Å². The van der Waals surface area contributed by atoms with Crippen molar-refractivity contribution in [2.45, 2.75) is 26.4 Å². The van der Waals surface area contributed by atoms with Gasteiger partial charge < -0.3 is 15.2 Å². The Morgan fingerprint density at radius 2 is 1.83 bits per heavy atom. The van der Waals surface area contributed by atoms with Gasteiger partial charge in [0.05, 0.1) is 0 Å². The average molecular weight is 385 g/mol. The van der Waals surface area contributed by atoms with E-state index in [1.807, 2.05) is 24.3 Å². The van der Waals surface area contributed by atoms with Gasteiger partial charge in [-0.1, -0.05) is 59.8 Å². The number of carbonyl (C=O) groups is 1. The van der Waals surface area contributed by atoms with Gasteiger partial charge in [0.25, 0.3) is 5.91 Å². The number of aryl methyl sites for hydroxylation is 1. The summed E-state index contributed by atoms with van der Waals surface area (Å²) >= 11 is 0. The van der Waals surface area contributed by atoms with Crippen molar-refractivity contribution in [3.63, 3.8) is 0 Å². The standard InChI is InChI=1S/C24H23N3O2/c1-16-13-23(27-29-16)24(28)26-20-10-5-7-18(14-20)15-25-17(2)21-12-6-9-19-8-3-4-11-22(19)21/h3-14,17,25H,15H2,1-2H3,(H,26,28)/t17-/m1/s1. The van der Waals surface area contributed by atoms with Gasteiger partial charge in [0.15, 0.2) is 5.69 Å². The van der Waals surface area contributed by atoms with Crippen molar-refractivity contribution in [2.24, 2.45) is 0 Å². The predicted octanol–water partition coefficient (Wildman–Crippen LogP) is 5.24. The summed E-state index contributed by atoms with van der Waals surface area (Å²) in [6.45, 7) is 4.62. The van der Waals surface area contributed by atoms with E-state index >= 15 is 0 Å². The highest BCUT2D eigenvalue weighted by Crippen LogP contribution is 2.24. The molecule has 0 unspecified atom stereocenters. The molecule has 2 N–H and O–H groups in total. The molecule has 5 heteroatoms. The zero-order chi connectivity index (χ0) is 20.2. The average Bonchev–Trinajstić information content (AvgIpc) is 3.18. The second kappa shape index (κ2) is 8.29. The Bertz CT molecular complexity index is 1140. The Kier molecular flexibility index (Phi) is 5.40. The summed E-state index contributed by atoms with van der Waals surface area (Å²) in [5.74, 6) is 0.326. The fourth-order valence-corrected chi connectivity index (χ4v) is 3.44. The van der Waals surface area contributed by atoms with Gasteiger partial charge in [0.2, 0.25) is 0 Å². The molecule has 0 aliphatic heterocycles. The van der Waals surface area contributed by atoms with Crippen LogP contribution in [0.5, 0.6) is 0 Å². The van der Waals surface area contributed by atoms with Crippen LogP contribution < -0.4 is 10.6 Å². The van der Waals surface area contributed by atoms with Crippen LogP contribution >= 0.6 is 0 Å². The predicted molar refractivity (Wildman–Crippen MR) is 115 cm³/mol. The van der Waals surface area contributed by atoms with E-state index in [1.165, 1.54) is 16.3 Å². The van der Waals surface area contributed by atoms with E-state index < -0.39 is 0 Å². The van der Waals surface area contributed by atoms with Crippen LogP contribution in [0.3, 0.4) is 0 Å². The minimum atomic E-state index is -0.281. The number of anilines is 1. The maximum absolute atomic E-state index is 12.3. The second-order valence-electron chi connectivity index (χ2n) is 7.15. The van der Waals surface area contributed by atoms with Crippen LogP contribution in [0, 0.1) is 6.92 Å². The summed E-state index contributed by atoms with van der Waals surface area (Å²) < 4.78 is 4.96. The largest absolute Gasteiger partial charge is 0.361 e. The summed E-state index contributed by atoms with van der Waals surface area (Å²) in [6.07, 6.45) is 0. The lowest BCUT2D eigenvalue weighted by atomic mass is 9.99. The van der Waals surface area contributed by atoms with E-state index in [0.29, 0.717) is 12.3 Å². The summed E-state index contributed by atoms with van der Waals surface area (Å²) in [5, 5.41) is 12.7. The van der Waals surface area contributed by atoms with Crippen LogP contribution in [-0.2, 0) is 6.54 Å². The number of amides is 1. The molecule has 0 radical (unpaired) electrons. The minimum Gasteiger partial charge on any atom is -0.361 e. The van der Waals surface area contributed by atoms with Gasteiger partial charge in [-0.15, -0.1) is 0 Å². The highest BCUT2D eigenvalue weighted by Gasteiger charge is 2.12. The van der Waals surface area contributed by atoms with Crippen LogP contribution in [0.15, 0.2) is 77.3 Å². The van der Waals surface area contributed by atoms with Crippen LogP contribution in [0.25, 0.3) is 10.8 Å². The van der Waals surface area contributed by atoms with Crippen molar-refractivity contribution in [3.8, 4) is 0 Å². The number of benzene rings is 3. The number of hydrogen-bond acceptors (Lipinski definition) is 4. The third-order valence-electron chi connectivity index (χ3n) is 4.95. The smallest absolute Gasteiger partial charge is 0.277 e. The molecule has 146 valence electrons. The molecule has 1 atom stereocenters. The highest BCUT2D eigenvalue weighted by molar-refractivity contribution is 6.02. The first-order chi connectivity index (χ1) is 14.1. The van der Waals surface area contributed by atoms with Crippen LogP contribution in [0.2, 0.25) is 0 Å². The van der Waals surface area contributed by atoms with E-state index in [4.69, 9.17) is 4.52 Å². The van der Waals surface area contributed by atoms with Gasteiger partial charge >= 0.3 is 0 Å². The lowest BCUT2D eigenvalue weighted by molar-refractivity contribution is 0.101. The van der Waals surface area contributed by atoms with Gasteiger partial charge in [-0.25, -0.2) is 0 Å². The van der Waals surface area contributed by atoms with Crippen LogP contribution in [0.1, 0.15) is 40.3 Å². The number of fused-ring (bicyclic) bond motifs is 1. The third-order valence-corrected chi connectivity index (χ3v) is 4.95. The summed E-state index contributed by atoms with van der Waals surface area (Å²) in [6, 6.07) is 24.4. The fourth-order valence-electron chi connectivity index (χ4n) is 3.44. The normalized spacial score (nSPS) is 12.1. The molecule has 0 bridgehead atoms. The summed E-state index contributed by atoms with van der Waals surface area (Å²) in [5.41, 5.74) is 3.36. The molecule has 3 aromatic carbocycles. The Balaban J connectivity index is 1.43. The molecule has 0 saturated heterocycles. The van der Waals surface area contributed by atoms with Crippen molar-refractivity contribution in [1.82, 2.24) is 10.5 Å². The molecule has 1 aromatic heterocycles. The maximum atomic E-state index is 12.3. The quantitative estimate of drug-likeness (QED) is 0.476. The third kappa shape index (κ3) is 4.36. The minimum absolute atomic E-state index is 0.192. The molecule has 0 saturated carbocycles. The molecular weight excluding hydrogens is 362 g/mol. The van der Waals surface area contributed by atoms with Crippen molar-refractivity contribution in [3.05, 3.63) is 95.4 Å². The molecule has 4 rings (SSSR count). The number of carbonyl (C=O) groups excluding carboxylic acids is 1. The molecule has 4 aromatic rings. The molecule has 1 heterocycles. The first kappa shape index (κ1) is 18.9. The summed E-state index contributed by atoms with van der Waals surface area (Å²) in [4.78, 5) is 12.3. The number of hydrogen-bond donors (Lipinski definition) is 2. The lowest BCUT2D eigenvalue weighted by Crippen LogP contribution is -2.18. The van der Waals surface area contributed by atoms with Gasteiger partial charge in [-0.2, -0.15) is 0 Å². The molecule has 0 fully saturated rings. The molecule has 0 aliphatic rings. The topological polar surface area (TPSA) is 67.2 Å². The van der Waals surface area contributed by atoms with Gasteiger partial charge in [-0.05, 0) is 47.9 Å². The molecular formula is C24H23N3O2. The number of nitrogens with zero attached hydrogens (tertiary/aromatic N) is 1. The zero-order valence-electron chi connectivity index (χ0n) is 16.5. The molecule has 0 aliphatic carbocycles. The number of aromatic nitrogens is 1. The van der Waals surface area contributed by atoms with E-state index in [2.05, 4.69) is 65.2 Å². The van der Waals surface area contributed by atoms with E-state index in [1.54, 1.807) is 13.0 Å². The van der Waals surface area contributed by atoms with E-state index in [-0.39, 0.29) is 17.6 Å². The first-order valence-electron chi connectivity index (χ1n) is 9.65. The van der Waals surface area contributed by atoms with Crippen molar-refractivity contribution >= 4 is 22.4 Å². The van der Waals surface area contributed by atoms with E-state index in [0.717, 1.165) is 11.3 Å². The lowest BCUT2D eigenvalue weighted by Gasteiger charge is -2.17. The van der Waals surface area contributed by atoms with Crippen LogP contribution in [-0.4, -0.2) is 11.1 Å². The van der Waals surface area contributed by atoms with Gasteiger partial charge in [-0.3, -0.25) is 4.79 Å². The second-order valence-corrected chi connectivity index (χ2v) is 7.15. The van der Waals surface area contributed by atoms with Crippen molar-refractivity contribution in [2.75, 3.05) is 5.32 Å². The van der Waals surface area contributed by atoms with Gasteiger partial charge in [0, 0.05) is 24.3 Å². The van der Waals surface area contributed by atoms with Crippen molar-refractivity contribution in [1.29, 1.82) is 0 Å². The highest BCUT2D eigenvalue weighted by atomic mass is 16.5. The first-order valence-corrected chi connectivity index (χ1v) is 9.65. The molecule has 5 nitrogen and oxygen atoms in total.